The molecule has 8 heteroatoms. The monoisotopic (exact) mass is 326 g/mol. The first-order chi connectivity index (χ1) is 10.0. The Morgan fingerprint density at radius 1 is 1.24 bits per heavy atom. The van der Waals surface area contributed by atoms with Gasteiger partial charge < -0.3 is 15.3 Å². The van der Waals surface area contributed by atoms with Crippen molar-refractivity contribution >= 4 is 34.9 Å². The van der Waals surface area contributed by atoms with Crippen molar-refractivity contribution in [3.63, 3.8) is 0 Å². The first-order valence-corrected chi connectivity index (χ1v) is 7.09. The number of hydrogen-bond donors (Lipinski definition) is 3. The Bertz CT molecular complexity index is 753. The molecule has 0 saturated heterocycles. The van der Waals surface area contributed by atoms with Gasteiger partial charge in [0.15, 0.2) is 0 Å². The van der Waals surface area contributed by atoms with Gasteiger partial charge >= 0.3 is 6.03 Å². The minimum absolute atomic E-state index is 0.183. The van der Waals surface area contributed by atoms with E-state index in [-0.39, 0.29) is 18.1 Å². The Kier molecular flexibility index (Phi) is 3.65. The number of amides is 2. The van der Waals surface area contributed by atoms with Crippen molar-refractivity contribution < 1.29 is 4.79 Å². The van der Waals surface area contributed by atoms with Gasteiger partial charge in [0.05, 0.1) is 22.2 Å². The number of halogens is 2. The number of H-pyrrole nitrogens is 2. The maximum Gasteiger partial charge on any atom is 0.322 e. The summed E-state index contributed by atoms with van der Waals surface area (Å²) in [6.07, 6.45) is 0.614. The number of urea groups is 1. The predicted molar refractivity (Wildman–Crippen MR) is 81.0 cm³/mol. The van der Waals surface area contributed by atoms with Crippen LogP contribution in [0.15, 0.2) is 23.0 Å². The average molecular weight is 327 g/mol. The van der Waals surface area contributed by atoms with Crippen LogP contribution in [0.2, 0.25) is 10.0 Å². The van der Waals surface area contributed by atoms with E-state index in [1.165, 1.54) is 0 Å². The summed E-state index contributed by atoms with van der Waals surface area (Å²) >= 11 is 11.7. The van der Waals surface area contributed by atoms with Gasteiger partial charge in [0, 0.05) is 24.3 Å². The molecule has 0 atom stereocenters. The van der Waals surface area contributed by atoms with Crippen LogP contribution in [0.25, 0.3) is 0 Å². The molecule has 110 valence electrons. The van der Waals surface area contributed by atoms with Crippen molar-refractivity contribution in [2.45, 2.75) is 13.0 Å². The Morgan fingerprint density at radius 2 is 2.05 bits per heavy atom. The Labute approximate surface area is 130 Å². The van der Waals surface area contributed by atoms with Gasteiger partial charge in [0.2, 0.25) is 0 Å². The van der Waals surface area contributed by atoms with E-state index in [1.54, 1.807) is 23.1 Å². The molecule has 0 radical (unpaired) electrons. The number of anilines is 1. The lowest BCUT2D eigenvalue weighted by Crippen LogP contribution is -2.40. The van der Waals surface area contributed by atoms with E-state index < -0.39 is 0 Å². The summed E-state index contributed by atoms with van der Waals surface area (Å²) in [5.41, 5.74) is 1.84. The second-order valence-corrected chi connectivity index (χ2v) is 5.58. The van der Waals surface area contributed by atoms with E-state index in [9.17, 15) is 9.59 Å². The number of carbonyl (C=O) groups is 1. The molecule has 6 nitrogen and oxygen atoms in total. The molecular weight excluding hydrogens is 315 g/mol. The van der Waals surface area contributed by atoms with Crippen molar-refractivity contribution in [1.29, 1.82) is 0 Å². The summed E-state index contributed by atoms with van der Waals surface area (Å²) in [6, 6.07) is 4.59. The van der Waals surface area contributed by atoms with E-state index in [0.717, 1.165) is 5.69 Å². The zero-order valence-electron chi connectivity index (χ0n) is 10.9. The van der Waals surface area contributed by atoms with Gasteiger partial charge in [-0.05, 0) is 18.2 Å². The highest BCUT2D eigenvalue weighted by Gasteiger charge is 2.24. The van der Waals surface area contributed by atoms with E-state index in [2.05, 4.69) is 15.5 Å². The molecule has 0 unspecified atom stereocenters. The maximum atomic E-state index is 12.2. The topological polar surface area (TPSA) is 81.0 Å². The van der Waals surface area contributed by atoms with Crippen LogP contribution in [-0.4, -0.2) is 27.7 Å². The molecule has 0 fully saturated rings. The summed E-state index contributed by atoms with van der Waals surface area (Å²) in [5, 5.41) is 8.89. The van der Waals surface area contributed by atoms with Gasteiger partial charge in [0.1, 0.15) is 0 Å². The molecule has 1 aliphatic rings. The number of nitrogens with zero attached hydrogens (tertiary/aromatic N) is 1. The molecule has 0 aliphatic carbocycles. The van der Waals surface area contributed by atoms with Gasteiger partial charge in [-0.3, -0.25) is 9.89 Å². The number of aromatic amines is 2. The summed E-state index contributed by atoms with van der Waals surface area (Å²) in [4.78, 5) is 25.4. The van der Waals surface area contributed by atoms with Gasteiger partial charge in [-0.1, -0.05) is 23.2 Å². The van der Waals surface area contributed by atoms with E-state index in [0.29, 0.717) is 34.3 Å². The molecule has 2 aromatic rings. The molecule has 0 saturated carbocycles. The summed E-state index contributed by atoms with van der Waals surface area (Å²) in [6.45, 7) is 0.815. The predicted octanol–water partition coefficient (Wildman–Crippen LogP) is 2.60. The quantitative estimate of drug-likeness (QED) is 0.752. The molecular formula is C13H12Cl2N4O2. The zero-order chi connectivity index (χ0) is 15.0. The van der Waals surface area contributed by atoms with Crippen LogP contribution in [0.3, 0.4) is 0 Å². The molecule has 3 rings (SSSR count). The molecule has 1 aliphatic heterocycles. The van der Waals surface area contributed by atoms with Crippen LogP contribution in [0.4, 0.5) is 10.5 Å². The van der Waals surface area contributed by atoms with Crippen LogP contribution in [0.5, 0.6) is 0 Å². The smallest absolute Gasteiger partial charge is 0.320 e. The molecule has 2 heterocycles. The third kappa shape index (κ3) is 2.77. The Morgan fingerprint density at radius 3 is 2.81 bits per heavy atom. The van der Waals surface area contributed by atoms with Gasteiger partial charge in [-0.2, -0.15) is 0 Å². The molecule has 2 amide bonds. The zero-order valence-corrected chi connectivity index (χ0v) is 12.4. The number of nitrogens with one attached hydrogen (secondary N) is 3. The lowest BCUT2D eigenvalue weighted by molar-refractivity contribution is 0.206. The minimum Gasteiger partial charge on any atom is -0.320 e. The lowest BCUT2D eigenvalue weighted by Gasteiger charge is -2.26. The SMILES string of the molecule is O=C(Nc1ccc(Cl)c(Cl)c1)N1CCc2[nH][nH]c(=O)c2C1. The minimum atomic E-state index is -0.278. The van der Waals surface area contributed by atoms with Gasteiger partial charge in [-0.25, -0.2) is 4.79 Å². The second kappa shape index (κ2) is 5.46. The van der Waals surface area contributed by atoms with Gasteiger partial charge in [-0.15, -0.1) is 0 Å². The molecule has 1 aromatic carbocycles. The maximum absolute atomic E-state index is 12.2. The van der Waals surface area contributed by atoms with E-state index in [4.69, 9.17) is 23.2 Å². The fourth-order valence-electron chi connectivity index (χ4n) is 2.27. The fourth-order valence-corrected chi connectivity index (χ4v) is 2.57. The van der Waals surface area contributed by atoms with Crippen molar-refractivity contribution in [3.8, 4) is 0 Å². The summed E-state index contributed by atoms with van der Waals surface area (Å²) in [7, 11) is 0. The van der Waals surface area contributed by atoms with Crippen LogP contribution < -0.4 is 10.9 Å². The first kappa shape index (κ1) is 14.0. The van der Waals surface area contributed by atoms with Gasteiger partial charge in [0.25, 0.3) is 5.56 Å². The highest BCUT2D eigenvalue weighted by atomic mass is 35.5. The number of fused-ring (bicyclic) bond motifs is 1. The van der Waals surface area contributed by atoms with Crippen LogP contribution in [0, 0.1) is 0 Å². The molecule has 0 bridgehead atoms. The van der Waals surface area contributed by atoms with E-state index in [1.807, 2.05) is 0 Å². The number of rotatable bonds is 1. The van der Waals surface area contributed by atoms with Crippen molar-refractivity contribution in [1.82, 2.24) is 15.1 Å². The summed E-state index contributed by atoms with van der Waals surface area (Å²) < 4.78 is 0. The standard InChI is InChI=1S/C13H12Cl2N4O2/c14-9-2-1-7(5-10(9)15)16-13(21)19-4-3-11-8(6-19)12(20)18-17-11/h1-2,5H,3-4,6H2,(H,16,21)(H2,17,18,20). The molecule has 0 spiro atoms. The number of aromatic nitrogens is 2. The van der Waals surface area contributed by atoms with Crippen molar-refractivity contribution in [2.24, 2.45) is 0 Å². The fraction of sp³-hybridized carbons (Fsp3) is 0.231. The number of hydrogen-bond acceptors (Lipinski definition) is 2. The Balaban J connectivity index is 1.73. The van der Waals surface area contributed by atoms with Crippen molar-refractivity contribution in [2.75, 3.05) is 11.9 Å². The largest absolute Gasteiger partial charge is 0.322 e. The third-order valence-electron chi connectivity index (χ3n) is 3.40. The molecule has 21 heavy (non-hydrogen) atoms. The first-order valence-electron chi connectivity index (χ1n) is 6.34. The highest BCUT2D eigenvalue weighted by molar-refractivity contribution is 6.42. The van der Waals surface area contributed by atoms with Crippen LogP contribution in [0.1, 0.15) is 11.3 Å². The Hall–Kier alpha value is -1.92. The number of benzene rings is 1. The molecule has 1 aromatic heterocycles. The van der Waals surface area contributed by atoms with Crippen LogP contribution in [-0.2, 0) is 13.0 Å². The van der Waals surface area contributed by atoms with Crippen LogP contribution >= 0.6 is 23.2 Å². The number of carbonyl (C=O) groups excluding carboxylic acids is 1. The average Bonchev–Trinajstić information content (AvgIpc) is 2.84. The van der Waals surface area contributed by atoms with E-state index >= 15 is 0 Å². The van der Waals surface area contributed by atoms with Crippen molar-refractivity contribution in [3.05, 3.63) is 49.9 Å². The molecule has 3 N–H and O–H groups in total. The highest BCUT2D eigenvalue weighted by Crippen LogP contribution is 2.25. The summed E-state index contributed by atoms with van der Waals surface area (Å²) in [5.74, 6) is 0. The second-order valence-electron chi connectivity index (χ2n) is 4.77. The lowest BCUT2D eigenvalue weighted by atomic mass is 10.1. The normalized spacial score (nSPS) is 13.9. The third-order valence-corrected chi connectivity index (χ3v) is 4.14.